The van der Waals surface area contributed by atoms with Gasteiger partial charge in [0.25, 0.3) is 0 Å². The lowest BCUT2D eigenvalue weighted by molar-refractivity contribution is 0.0250. The van der Waals surface area contributed by atoms with Gasteiger partial charge in [0.05, 0.1) is 0 Å². The summed E-state index contributed by atoms with van der Waals surface area (Å²) in [7, 11) is 1.76. The van der Waals surface area contributed by atoms with E-state index in [9.17, 15) is 0 Å². The summed E-state index contributed by atoms with van der Waals surface area (Å²) in [6.45, 7) is 4.27. The molecule has 0 amide bonds. The monoisotopic (exact) mass is 158 g/mol. The van der Waals surface area contributed by atoms with Gasteiger partial charge in [-0.2, -0.15) is 0 Å². The van der Waals surface area contributed by atoms with Crippen LogP contribution in [-0.2, 0) is 4.74 Å². The van der Waals surface area contributed by atoms with Crippen molar-refractivity contribution in [2.24, 2.45) is 0 Å². The third-order valence-corrected chi connectivity index (χ3v) is 2.10. The number of hydrogen-bond donors (Lipinski definition) is 2. The molecule has 0 radical (unpaired) electrons. The first kappa shape index (κ1) is 8.97. The average molecular weight is 158 g/mol. The molecule has 2 N–H and O–H groups in total. The van der Waals surface area contributed by atoms with E-state index < -0.39 is 0 Å². The molecule has 1 aliphatic heterocycles. The molecule has 2 atom stereocenters. The molecular formula is C8H18N2O. The zero-order chi connectivity index (χ0) is 8.10. The highest BCUT2D eigenvalue weighted by molar-refractivity contribution is 4.79. The number of ether oxygens (including phenoxy) is 1. The molecule has 3 nitrogen and oxygen atoms in total. The van der Waals surface area contributed by atoms with Gasteiger partial charge in [-0.3, -0.25) is 5.32 Å². The number of hydrogen-bond acceptors (Lipinski definition) is 3. The van der Waals surface area contributed by atoms with Gasteiger partial charge < -0.3 is 10.1 Å². The highest BCUT2D eigenvalue weighted by Gasteiger charge is 2.22. The molecule has 1 aliphatic rings. The van der Waals surface area contributed by atoms with Crippen molar-refractivity contribution in [3.05, 3.63) is 0 Å². The molecule has 66 valence electrons. The second kappa shape index (κ2) is 4.70. The summed E-state index contributed by atoms with van der Waals surface area (Å²) >= 11 is 0. The maximum absolute atomic E-state index is 5.28. The fraction of sp³-hybridized carbons (Fsp3) is 1.00. The van der Waals surface area contributed by atoms with Crippen LogP contribution in [0.15, 0.2) is 0 Å². The van der Waals surface area contributed by atoms with Gasteiger partial charge >= 0.3 is 0 Å². The molecular weight excluding hydrogens is 140 g/mol. The fourth-order valence-corrected chi connectivity index (χ4v) is 1.53. The third kappa shape index (κ3) is 2.43. The van der Waals surface area contributed by atoms with Crippen LogP contribution < -0.4 is 10.6 Å². The van der Waals surface area contributed by atoms with Gasteiger partial charge in [-0.05, 0) is 6.42 Å². The molecule has 0 spiro atoms. The van der Waals surface area contributed by atoms with Gasteiger partial charge in [-0.1, -0.05) is 13.3 Å². The van der Waals surface area contributed by atoms with E-state index in [4.69, 9.17) is 4.74 Å². The minimum atomic E-state index is 0.212. The predicted molar refractivity (Wildman–Crippen MR) is 45.5 cm³/mol. The summed E-state index contributed by atoms with van der Waals surface area (Å²) in [5.74, 6) is 0. The Morgan fingerprint density at radius 3 is 2.73 bits per heavy atom. The topological polar surface area (TPSA) is 33.3 Å². The molecule has 11 heavy (non-hydrogen) atoms. The maximum Gasteiger partial charge on any atom is 0.123 e. The van der Waals surface area contributed by atoms with Crippen LogP contribution in [0.1, 0.15) is 19.8 Å². The zero-order valence-corrected chi connectivity index (χ0v) is 7.39. The van der Waals surface area contributed by atoms with Crippen molar-refractivity contribution in [2.75, 3.05) is 20.2 Å². The largest absolute Gasteiger partial charge is 0.365 e. The van der Waals surface area contributed by atoms with Crippen molar-refractivity contribution in [1.82, 2.24) is 10.6 Å². The first-order valence-electron chi connectivity index (χ1n) is 4.38. The lowest BCUT2D eigenvalue weighted by atomic mass is 10.1. The zero-order valence-electron chi connectivity index (χ0n) is 7.39. The minimum absolute atomic E-state index is 0.212. The van der Waals surface area contributed by atoms with Crippen molar-refractivity contribution >= 4 is 0 Å². The maximum atomic E-state index is 5.28. The standard InChI is InChI=1S/C8H18N2O/c1-3-4-7-8(11-2)10-6-5-9-7/h7-10H,3-6H2,1-2H3/t7-,8-/m1/s1. The van der Waals surface area contributed by atoms with Gasteiger partial charge in [0.1, 0.15) is 6.23 Å². The Morgan fingerprint density at radius 1 is 1.36 bits per heavy atom. The molecule has 0 aliphatic carbocycles. The molecule has 0 aromatic carbocycles. The van der Waals surface area contributed by atoms with Crippen LogP contribution in [0.5, 0.6) is 0 Å². The first-order valence-corrected chi connectivity index (χ1v) is 4.38. The van der Waals surface area contributed by atoms with Crippen LogP contribution in [0.2, 0.25) is 0 Å². The summed E-state index contributed by atoms with van der Waals surface area (Å²) in [5.41, 5.74) is 0. The van der Waals surface area contributed by atoms with Gasteiger partial charge in [-0.25, -0.2) is 0 Å². The second-order valence-electron chi connectivity index (χ2n) is 2.96. The highest BCUT2D eigenvalue weighted by atomic mass is 16.5. The van der Waals surface area contributed by atoms with E-state index >= 15 is 0 Å². The number of rotatable bonds is 3. The highest BCUT2D eigenvalue weighted by Crippen LogP contribution is 2.05. The van der Waals surface area contributed by atoms with Gasteiger partial charge in [-0.15, -0.1) is 0 Å². The van der Waals surface area contributed by atoms with E-state index in [1.54, 1.807) is 7.11 Å². The summed E-state index contributed by atoms with van der Waals surface area (Å²) < 4.78 is 5.28. The predicted octanol–water partition coefficient (Wildman–Crippen LogP) is 0.320. The summed E-state index contributed by atoms with van der Waals surface area (Å²) in [4.78, 5) is 0. The van der Waals surface area contributed by atoms with Crippen LogP contribution in [0, 0.1) is 0 Å². The Balaban J connectivity index is 2.31. The van der Waals surface area contributed by atoms with E-state index in [0.29, 0.717) is 6.04 Å². The Labute approximate surface area is 68.5 Å². The number of piperazine rings is 1. The Kier molecular flexibility index (Phi) is 3.83. The summed E-state index contributed by atoms with van der Waals surface area (Å²) in [5, 5.41) is 6.75. The molecule has 1 fully saturated rings. The molecule has 1 saturated heterocycles. The number of nitrogens with one attached hydrogen (secondary N) is 2. The number of methoxy groups -OCH3 is 1. The van der Waals surface area contributed by atoms with E-state index in [0.717, 1.165) is 13.1 Å². The van der Waals surface area contributed by atoms with Crippen molar-refractivity contribution in [1.29, 1.82) is 0 Å². The van der Waals surface area contributed by atoms with E-state index in [1.807, 2.05) is 0 Å². The smallest absolute Gasteiger partial charge is 0.123 e. The van der Waals surface area contributed by atoms with E-state index in [-0.39, 0.29) is 6.23 Å². The van der Waals surface area contributed by atoms with Crippen LogP contribution in [0.25, 0.3) is 0 Å². The van der Waals surface area contributed by atoms with Gasteiger partial charge in [0, 0.05) is 26.2 Å². The Hall–Kier alpha value is -0.120. The molecule has 0 saturated carbocycles. The Morgan fingerprint density at radius 2 is 2.09 bits per heavy atom. The first-order chi connectivity index (χ1) is 5.38. The van der Waals surface area contributed by atoms with Crippen molar-refractivity contribution in [3.8, 4) is 0 Å². The van der Waals surface area contributed by atoms with Crippen molar-refractivity contribution in [3.63, 3.8) is 0 Å². The van der Waals surface area contributed by atoms with E-state index in [1.165, 1.54) is 12.8 Å². The molecule has 0 aromatic rings. The molecule has 3 heteroatoms. The lowest BCUT2D eigenvalue weighted by Crippen LogP contribution is -2.56. The van der Waals surface area contributed by atoms with E-state index in [2.05, 4.69) is 17.6 Å². The normalized spacial score (nSPS) is 32.2. The van der Waals surface area contributed by atoms with Crippen LogP contribution in [-0.4, -0.2) is 32.5 Å². The third-order valence-electron chi connectivity index (χ3n) is 2.10. The molecule has 1 heterocycles. The summed E-state index contributed by atoms with van der Waals surface area (Å²) in [6.07, 6.45) is 2.61. The fourth-order valence-electron chi connectivity index (χ4n) is 1.53. The SMILES string of the molecule is CCC[C@H]1NCCN[C@@H]1OC. The second-order valence-corrected chi connectivity index (χ2v) is 2.96. The van der Waals surface area contributed by atoms with Crippen molar-refractivity contribution < 1.29 is 4.74 Å². The van der Waals surface area contributed by atoms with Gasteiger partial charge in [0.2, 0.25) is 0 Å². The lowest BCUT2D eigenvalue weighted by Gasteiger charge is -2.32. The molecule has 1 rings (SSSR count). The quantitative estimate of drug-likeness (QED) is 0.620. The van der Waals surface area contributed by atoms with Crippen molar-refractivity contribution in [2.45, 2.75) is 32.0 Å². The minimum Gasteiger partial charge on any atom is -0.365 e. The summed E-state index contributed by atoms with van der Waals surface area (Å²) in [6, 6.07) is 0.499. The molecule has 0 bridgehead atoms. The Bertz CT molecular complexity index is 106. The van der Waals surface area contributed by atoms with Gasteiger partial charge in [0.15, 0.2) is 0 Å². The average Bonchev–Trinajstić information content (AvgIpc) is 2.06. The van der Waals surface area contributed by atoms with Crippen LogP contribution in [0.4, 0.5) is 0 Å². The molecule has 0 unspecified atom stereocenters. The van der Waals surface area contributed by atoms with Crippen LogP contribution >= 0.6 is 0 Å². The van der Waals surface area contributed by atoms with Crippen LogP contribution in [0.3, 0.4) is 0 Å². The molecule has 0 aromatic heterocycles.